The van der Waals surface area contributed by atoms with Gasteiger partial charge in [0, 0.05) is 31.9 Å². The number of aryl methyl sites for hydroxylation is 2. The molecule has 2 aromatic rings. The summed E-state index contributed by atoms with van der Waals surface area (Å²) in [5.74, 6) is 0.852. The third kappa shape index (κ3) is 6.18. The van der Waals surface area contributed by atoms with E-state index in [9.17, 15) is 0 Å². The number of hydrogen-bond donors (Lipinski definition) is 2. The molecule has 3 rings (SSSR count). The van der Waals surface area contributed by atoms with Gasteiger partial charge in [-0.1, -0.05) is 31.5 Å². The number of aliphatic imine (C=N–C) groups is 1. The standard InChI is InChI=1S/C22H34N6.HI/c1-5-27-13-9-8-11-20(27)16-25-22(23-4)24-15-19-10-6-7-12-21(19)28-18(3)14-17(2)26-28;/h6-7,10,12,14,20H,5,8-9,11,13,15-16H2,1-4H3,(H2,23,24,25);1H. The fourth-order valence-corrected chi connectivity index (χ4v) is 4.06. The van der Waals surface area contributed by atoms with Gasteiger partial charge in [-0.15, -0.1) is 24.0 Å². The van der Waals surface area contributed by atoms with Gasteiger partial charge < -0.3 is 10.6 Å². The number of rotatable bonds is 6. The van der Waals surface area contributed by atoms with Crippen molar-refractivity contribution in [3.05, 3.63) is 47.3 Å². The number of benzene rings is 1. The van der Waals surface area contributed by atoms with Gasteiger partial charge in [0.15, 0.2) is 5.96 Å². The molecule has 1 atom stereocenters. The Morgan fingerprint density at radius 3 is 2.69 bits per heavy atom. The molecular formula is C22H35IN6. The lowest BCUT2D eigenvalue weighted by molar-refractivity contribution is 0.157. The SMILES string of the molecule is CCN1CCCCC1CNC(=NC)NCc1ccccc1-n1nc(C)cc1C.I. The number of nitrogens with zero attached hydrogens (tertiary/aromatic N) is 4. The molecule has 160 valence electrons. The van der Waals surface area contributed by atoms with E-state index in [1.165, 1.54) is 31.4 Å². The topological polar surface area (TPSA) is 57.5 Å². The molecule has 1 saturated heterocycles. The van der Waals surface area contributed by atoms with Crippen molar-refractivity contribution in [1.29, 1.82) is 0 Å². The third-order valence-electron chi connectivity index (χ3n) is 5.56. The average molecular weight is 510 g/mol. The van der Waals surface area contributed by atoms with E-state index in [2.05, 4.69) is 69.8 Å². The van der Waals surface area contributed by atoms with Crippen LogP contribution in [-0.2, 0) is 6.54 Å². The van der Waals surface area contributed by atoms with Crippen LogP contribution in [0, 0.1) is 13.8 Å². The van der Waals surface area contributed by atoms with Crippen molar-refractivity contribution >= 4 is 29.9 Å². The minimum atomic E-state index is 0. The lowest BCUT2D eigenvalue weighted by Crippen LogP contribution is -2.48. The smallest absolute Gasteiger partial charge is 0.191 e. The maximum absolute atomic E-state index is 4.64. The molecule has 1 aromatic heterocycles. The number of para-hydroxylation sites is 1. The molecule has 0 saturated carbocycles. The number of likely N-dealkylation sites (N-methyl/N-ethyl adjacent to an activating group) is 1. The number of halogens is 1. The molecule has 1 unspecified atom stereocenters. The van der Waals surface area contributed by atoms with E-state index in [0.717, 1.165) is 36.1 Å². The summed E-state index contributed by atoms with van der Waals surface area (Å²) in [6, 6.07) is 11.1. The van der Waals surface area contributed by atoms with Crippen molar-refractivity contribution in [2.24, 2.45) is 4.99 Å². The first-order chi connectivity index (χ1) is 13.6. The Labute approximate surface area is 192 Å². The van der Waals surface area contributed by atoms with Gasteiger partial charge in [0.2, 0.25) is 0 Å². The Balaban J connectivity index is 0.00000300. The second-order valence-electron chi connectivity index (χ2n) is 7.55. The predicted molar refractivity (Wildman–Crippen MR) is 132 cm³/mol. The summed E-state index contributed by atoms with van der Waals surface area (Å²) in [7, 11) is 1.83. The first-order valence-electron chi connectivity index (χ1n) is 10.4. The van der Waals surface area contributed by atoms with E-state index in [-0.39, 0.29) is 24.0 Å². The summed E-state index contributed by atoms with van der Waals surface area (Å²) in [4.78, 5) is 6.99. The van der Waals surface area contributed by atoms with Gasteiger partial charge >= 0.3 is 0 Å². The monoisotopic (exact) mass is 510 g/mol. The predicted octanol–water partition coefficient (Wildman–Crippen LogP) is 3.65. The van der Waals surface area contributed by atoms with Crippen molar-refractivity contribution in [2.45, 2.75) is 52.6 Å². The normalized spacial score (nSPS) is 17.7. The second-order valence-corrected chi connectivity index (χ2v) is 7.55. The molecule has 1 aromatic carbocycles. The Morgan fingerprint density at radius 2 is 2.00 bits per heavy atom. The molecule has 0 bridgehead atoms. The van der Waals surface area contributed by atoms with Crippen LogP contribution < -0.4 is 10.6 Å². The summed E-state index contributed by atoms with van der Waals surface area (Å²) in [5, 5.41) is 11.6. The van der Waals surface area contributed by atoms with Gasteiger partial charge in [0.1, 0.15) is 0 Å². The minimum Gasteiger partial charge on any atom is -0.355 e. The highest BCUT2D eigenvalue weighted by Crippen LogP contribution is 2.17. The Hall–Kier alpha value is -1.61. The van der Waals surface area contributed by atoms with E-state index in [1.807, 2.05) is 18.7 Å². The highest BCUT2D eigenvalue weighted by atomic mass is 127. The lowest BCUT2D eigenvalue weighted by Gasteiger charge is -2.35. The minimum absolute atomic E-state index is 0. The van der Waals surface area contributed by atoms with Gasteiger partial charge in [0.05, 0.1) is 11.4 Å². The highest BCUT2D eigenvalue weighted by molar-refractivity contribution is 14.0. The molecule has 7 heteroatoms. The molecule has 29 heavy (non-hydrogen) atoms. The van der Waals surface area contributed by atoms with Crippen LogP contribution in [-0.4, -0.2) is 53.4 Å². The Bertz CT molecular complexity index is 800. The summed E-state index contributed by atoms with van der Waals surface area (Å²) in [5.41, 5.74) is 4.49. The van der Waals surface area contributed by atoms with E-state index >= 15 is 0 Å². The number of guanidine groups is 1. The summed E-state index contributed by atoms with van der Waals surface area (Å²) in [6.07, 6.45) is 3.91. The largest absolute Gasteiger partial charge is 0.355 e. The fraction of sp³-hybridized carbons (Fsp3) is 0.545. The number of nitrogens with one attached hydrogen (secondary N) is 2. The van der Waals surface area contributed by atoms with Crippen LogP contribution in [0.5, 0.6) is 0 Å². The molecule has 1 fully saturated rings. The van der Waals surface area contributed by atoms with Crippen LogP contribution in [0.25, 0.3) is 5.69 Å². The first-order valence-corrected chi connectivity index (χ1v) is 10.4. The Kier molecular flexibility index (Phi) is 9.42. The number of piperidine rings is 1. The van der Waals surface area contributed by atoms with Crippen molar-refractivity contribution in [3.63, 3.8) is 0 Å². The third-order valence-corrected chi connectivity index (χ3v) is 5.56. The lowest BCUT2D eigenvalue weighted by atomic mass is 10.0. The maximum atomic E-state index is 4.64. The first kappa shape index (κ1) is 23.7. The zero-order chi connectivity index (χ0) is 19.9. The highest BCUT2D eigenvalue weighted by Gasteiger charge is 2.20. The molecule has 2 heterocycles. The van der Waals surface area contributed by atoms with Crippen molar-refractivity contribution < 1.29 is 0 Å². The van der Waals surface area contributed by atoms with E-state index in [4.69, 9.17) is 0 Å². The van der Waals surface area contributed by atoms with E-state index < -0.39 is 0 Å². The number of aromatic nitrogens is 2. The molecule has 0 radical (unpaired) electrons. The van der Waals surface area contributed by atoms with Crippen LogP contribution >= 0.6 is 24.0 Å². The second kappa shape index (κ2) is 11.5. The summed E-state index contributed by atoms with van der Waals surface area (Å²) in [6.45, 7) is 10.3. The zero-order valence-electron chi connectivity index (χ0n) is 18.1. The van der Waals surface area contributed by atoms with Gasteiger partial charge in [-0.05, 0) is 57.5 Å². The van der Waals surface area contributed by atoms with Crippen LogP contribution in [0.3, 0.4) is 0 Å². The van der Waals surface area contributed by atoms with Crippen LogP contribution in [0.4, 0.5) is 0 Å². The van der Waals surface area contributed by atoms with Crippen LogP contribution in [0.15, 0.2) is 35.3 Å². The van der Waals surface area contributed by atoms with Crippen molar-refractivity contribution in [3.8, 4) is 5.69 Å². The zero-order valence-corrected chi connectivity index (χ0v) is 20.4. The quantitative estimate of drug-likeness (QED) is 0.354. The molecule has 2 N–H and O–H groups in total. The van der Waals surface area contributed by atoms with E-state index in [1.54, 1.807) is 0 Å². The molecular weight excluding hydrogens is 475 g/mol. The van der Waals surface area contributed by atoms with Crippen molar-refractivity contribution in [2.75, 3.05) is 26.7 Å². The molecule has 6 nitrogen and oxygen atoms in total. The molecule has 0 aliphatic carbocycles. The summed E-state index contributed by atoms with van der Waals surface area (Å²) >= 11 is 0. The molecule has 0 amide bonds. The van der Waals surface area contributed by atoms with Crippen LogP contribution in [0.1, 0.15) is 43.1 Å². The van der Waals surface area contributed by atoms with Gasteiger partial charge in [-0.3, -0.25) is 9.89 Å². The molecule has 1 aliphatic heterocycles. The number of hydrogen-bond acceptors (Lipinski definition) is 3. The van der Waals surface area contributed by atoms with Gasteiger partial charge in [0.25, 0.3) is 0 Å². The molecule has 0 spiro atoms. The number of likely N-dealkylation sites (tertiary alicyclic amines) is 1. The molecule has 1 aliphatic rings. The van der Waals surface area contributed by atoms with Gasteiger partial charge in [-0.25, -0.2) is 4.68 Å². The summed E-state index contributed by atoms with van der Waals surface area (Å²) < 4.78 is 2.02. The van der Waals surface area contributed by atoms with Crippen LogP contribution in [0.2, 0.25) is 0 Å². The van der Waals surface area contributed by atoms with E-state index in [0.29, 0.717) is 12.6 Å². The fourth-order valence-electron chi connectivity index (χ4n) is 4.06. The van der Waals surface area contributed by atoms with Crippen molar-refractivity contribution in [1.82, 2.24) is 25.3 Å². The van der Waals surface area contributed by atoms with Gasteiger partial charge in [-0.2, -0.15) is 5.10 Å². The average Bonchev–Trinajstić information content (AvgIpc) is 3.06. The maximum Gasteiger partial charge on any atom is 0.191 e. The Morgan fingerprint density at radius 1 is 1.21 bits per heavy atom.